The molecule has 0 bridgehead atoms. The molecule has 0 amide bonds. The maximum absolute atomic E-state index is 4.43. The molecule has 414 valence electrons. The van der Waals surface area contributed by atoms with E-state index in [0.29, 0.717) is 0 Å². The van der Waals surface area contributed by atoms with Crippen LogP contribution in [0.4, 0.5) is 0 Å². The van der Waals surface area contributed by atoms with Crippen molar-refractivity contribution >= 4 is 11.3 Å². The lowest BCUT2D eigenvalue weighted by Crippen LogP contribution is -2.26. The molecule has 0 fully saturated rings. The summed E-state index contributed by atoms with van der Waals surface area (Å²) in [6.45, 7) is 9.35. The van der Waals surface area contributed by atoms with E-state index in [1.165, 1.54) is 286 Å². The highest BCUT2D eigenvalue weighted by atomic mass is 32.1. The first kappa shape index (κ1) is 58.9. The minimum Gasteiger partial charge on any atom is -0.265 e. The van der Waals surface area contributed by atoms with Crippen LogP contribution in [0.5, 0.6) is 0 Å². The Morgan fingerprint density at radius 3 is 0.896 bits per heavy atom. The lowest BCUT2D eigenvalue weighted by atomic mass is 9.69. The Hall–Kier alpha value is -4.27. The van der Waals surface area contributed by atoms with Gasteiger partial charge < -0.3 is 0 Å². The van der Waals surface area contributed by atoms with Crippen LogP contribution in [0.2, 0.25) is 0 Å². The fourth-order valence-corrected chi connectivity index (χ4v) is 15.0. The van der Waals surface area contributed by atoms with Gasteiger partial charge in [0.05, 0.1) is 0 Å². The Bertz CT molecular complexity index is 2580. The van der Waals surface area contributed by atoms with Crippen molar-refractivity contribution in [2.45, 2.75) is 270 Å². The second-order valence-corrected chi connectivity index (χ2v) is 25.3. The van der Waals surface area contributed by atoms with Crippen LogP contribution in [-0.2, 0) is 10.8 Å². The van der Waals surface area contributed by atoms with E-state index in [4.69, 9.17) is 0 Å². The van der Waals surface area contributed by atoms with Crippen molar-refractivity contribution in [3.63, 3.8) is 0 Å². The van der Waals surface area contributed by atoms with Crippen LogP contribution >= 0.6 is 11.3 Å². The van der Waals surface area contributed by atoms with Gasteiger partial charge in [0.15, 0.2) is 0 Å². The van der Waals surface area contributed by atoms with Gasteiger partial charge in [0.25, 0.3) is 0 Å². The maximum Gasteiger partial charge on any atom is 0.0342 e. The van der Waals surface area contributed by atoms with Crippen LogP contribution in [0, 0.1) is 0 Å². The van der Waals surface area contributed by atoms with Crippen LogP contribution < -0.4 is 0 Å². The Morgan fingerprint density at radius 1 is 0.299 bits per heavy atom. The summed E-state index contributed by atoms with van der Waals surface area (Å²) in [4.78, 5) is 5.82. The molecule has 4 aromatic carbocycles. The van der Waals surface area contributed by atoms with Crippen LogP contribution in [-0.4, -0.2) is 4.98 Å². The molecule has 0 saturated heterocycles. The number of unbranched alkanes of at least 4 members (excludes halogenated alkanes) is 28. The highest BCUT2D eigenvalue weighted by Gasteiger charge is 2.44. The first-order chi connectivity index (χ1) is 38.1. The molecule has 77 heavy (non-hydrogen) atoms. The fourth-order valence-electron chi connectivity index (χ4n) is 14.2. The van der Waals surface area contributed by atoms with Crippen molar-refractivity contribution in [3.05, 3.63) is 137 Å². The van der Waals surface area contributed by atoms with E-state index in [2.05, 4.69) is 135 Å². The molecule has 2 aliphatic rings. The molecule has 8 rings (SSSR count). The SMILES string of the molecule is CCCCCCCCCCC1(CCCCCCCCCC)c2cc(-c3ccncc3)ccc2-c2ccc(-c3ccc4c(c3)C(CCCCCCCCCC)(CCCCCCCCCC)c3cc(-c5cccs5)ccc3-4)cc21. The Balaban J connectivity index is 1.17. The zero-order valence-corrected chi connectivity index (χ0v) is 50.1. The van der Waals surface area contributed by atoms with Gasteiger partial charge in [-0.3, -0.25) is 4.98 Å². The van der Waals surface area contributed by atoms with Crippen molar-refractivity contribution < 1.29 is 0 Å². The van der Waals surface area contributed by atoms with Crippen molar-refractivity contribution in [1.29, 1.82) is 0 Å². The first-order valence-electron chi connectivity index (χ1n) is 32.6. The average molecular weight is 1050 g/mol. The van der Waals surface area contributed by atoms with E-state index in [1.807, 2.05) is 23.7 Å². The molecule has 2 aromatic heterocycles. The van der Waals surface area contributed by atoms with Crippen molar-refractivity contribution in [3.8, 4) is 54.9 Å². The van der Waals surface area contributed by atoms with Gasteiger partial charge in [-0.25, -0.2) is 0 Å². The summed E-state index contributed by atoms with van der Waals surface area (Å²) in [6, 6.07) is 39.7. The van der Waals surface area contributed by atoms with E-state index in [1.54, 1.807) is 22.3 Å². The second-order valence-electron chi connectivity index (χ2n) is 24.3. The molecule has 0 aliphatic heterocycles. The Labute approximate surface area is 475 Å². The number of hydrogen-bond acceptors (Lipinski definition) is 2. The third-order valence-electron chi connectivity index (χ3n) is 18.7. The maximum atomic E-state index is 4.43. The third kappa shape index (κ3) is 15.4. The molecular weight excluding hydrogens is 947 g/mol. The summed E-state index contributed by atoms with van der Waals surface area (Å²) >= 11 is 1.89. The summed E-state index contributed by atoms with van der Waals surface area (Å²) in [6.07, 6.45) is 52.4. The normalized spacial score (nSPS) is 13.7. The van der Waals surface area contributed by atoms with Gasteiger partial charge in [-0.2, -0.15) is 0 Å². The largest absolute Gasteiger partial charge is 0.265 e. The number of fused-ring (bicyclic) bond motifs is 6. The van der Waals surface area contributed by atoms with Crippen molar-refractivity contribution in [2.24, 2.45) is 0 Å². The quantitative estimate of drug-likeness (QED) is 0.0351. The molecule has 6 aromatic rings. The number of rotatable bonds is 39. The summed E-state index contributed by atoms with van der Waals surface area (Å²) in [5.74, 6) is 0. The molecule has 1 nitrogen and oxygen atoms in total. The van der Waals surface area contributed by atoms with E-state index in [-0.39, 0.29) is 10.8 Å². The molecule has 2 aliphatic carbocycles. The van der Waals surface area contributed by atoms with E-state index in [0.717, 1.165) is 0 Å². The van der Waals surface area contributed by atoms with E-state index >= 15 is 0 Å². The standard InChI is InChI=1S/C75H103NS/c1-5-9-13-17-21-25-29-33-49-74(50-34-30-26-22-18-14-10-6-2)69-56-61(60-47-53-76-54-48-60)39-43-65(69)66-44-40-62(57-70(66)74)63-41-45-67-68-46-42-64(73-38-37-55-77-73)59-72(68)75(71(67)58-63,51-35-31-27-23-19-15-11-7-3)52-36-32-28-24-20-16-12-8-4/h37-48,53-59H,5-36,49-52H2,1-4H3. The lowest BCUT2D eigenvalue weighted by Gasteiger charge is -2.34. The second kappa shape index (κ2) is 31.5. The number of benzene rings is 4. The molecule has 0 unspecified atom stereocenters. The van der Waals surface area contributed by atoms with Gasteiger partial charge >= 0.3 is 0 Å². The molecule has 2 heterocycles. The van der Waals surface area contributed by atoms with Crippen LogP contribution in [0.3, 0.4) is 0 Å². The predicted molar refractivity (Wildman–Crippen MR) is 340 cm³/mol. The Morgan fingerprint density at radius 2 is 0.584 bits per heavy atom. The van der Waals surface area contributed by atoms with Gasteiger partial charge in [0.1, 0.15) is 0 Å². The van der Waals surface area contributed by atoms with Crippen LogP contribution in [0.15, 0.2) is 115 Å². The summed E-state index contributed by atoms with van der Waals surface area (Å²) in [5.41, 5.74) is 19.2. The van der Waals surface area contributed by atoms with Crippen molar-refractivity contribution in [2.75, 3.05) is 0 Å². The molecule has 0 N–H and O–H groups in total. The average Bonchev–Trinajstić information content (AvgIpc) is 4.18. The number of hydrogen-bond donors (Lipinski definition) is 0. The number of nitrogens with zero attached hydrogens (tertiary/aromatic N) is 1. The smallest absolute Gasteiger partial charge is 0.0342 e. The number of pyridine rings is 1. The number of thiophene rings is 1. The first-order valence-corrected chi connectivity index (χ1v) is 33.5. The minimum absolute atomic E-state index is 0.00384. The van der Waals surface area contributed by atoms with E-state index < -0.39 is 0 Å². The van der Waals surface area contributed by atoms with Crippen molar-refractivity contribution in [1.82, 2.24) is 4.98 Å². The zero-order valence-electron chi connectivity index (χ0n) is 49.3. The monoisotopic (exact) mass is 1050 g/mol. The third-order valence-corrected chi connectivity index (χ3v) is 19.6. The molecule has 2 heteroatoms. The summed E-state index contributed by atoms with van der Waals surface area (Å²) in [7, 11) is 0. The highest BCUT2D eigenvalue weighted by Crippen LogP contribution is 2.58. The fraction of sp³-hybridized carbons (Fsp3) is 0.560. The zero-order chi connectivity index (χ0) is 53.4. The summed E-state index contributed by atoms with van der Waals surface area (Å²) in [5, 5.41) is 2.26. The molecule has 0 radical (unpaired) electrons. The molecule has 0 atom stereocenters. The lowest BCUT2D eigenvalue weighted by molar-refractivity contribution is 0.397. The Kier molecular flexibility index (Phi) is 24.1. The molecule has 0 spiro atoms. The number of aromatic nitrogens is 1. The van der Waals surface area contributed by atoms with Gasteiger partial charge in [0, 0.05) is 28.1 Å². The molecular formula is C75H103NS. The van der Waals surface area contributed by atoms with Gasteiger partial charge in [-0.05, 0) is 146 Å². The molecule has 0 saturated carbocycles. The van der Waals surface area contributed by atoms with Gasteiger partial charge in [-0.1, -0.05) is 288 Å². The minimum atomic E-state index is -0.00384. The highest BCUT2D eigenvalue weighted by molar-refractivity contribution is 7.13. The van der Waals surface area contributed by atoms with Crippen LogP contribution in [0.25, 0.3) is 54.9 Å². The van der Waals surface area contributed by atoms with Gasteiger partial charge in [0.2, 0.25) is 0 Å². The predicted octanol–water partition coefficient (Wildman–Crippen LogP) is 24.8. The van der Waals surface area contributed by atoms with Crippen LogP contribution in [0.1, 0.15) is 281 Å². The van der Waals surface area contributed by atoms with E-state index in [9.17, 15) is 0 Å². The summed E-state index contributed by atoms with van der Waals surface area (Å²) < 4.78 is 0. The topological polar surface area (TPSA) is 12.9 Å². The van der Waals surface area contributed by atoms with Gasteiger partial charge in [-0.15, -0.1) is 11.3 Å².